The minimum absolute atomic E-state index is 0.103. The zero-order chi connectivity index (χ0) is 22.0. The number of aromatic nitrogens is 1. The summed E-state index contributed by atoms with van der Waals surface area (Å²) < 4.78 is 5.38. The van der Waals surface area contributed by atoms with E-state index in [1.54, 1.807) is 25.3 Å². The van der Waals surface area contributed by atoms with Gasteiger partial charge in [-0.3, -0.25) is 14.7 Å². The summed E-state index contributed by atoms with van der Waals surface area (Å²) >= 11 is 0. The fourth-order valence-corrected chi connectivity index (χ4v) is 4.16. The van der Waals surface area contributed by atoms with E-state index in [0.29, 0.717) is 22.2 Å². The maximum absolute atomic E-state index is 13.5. The van der Waals surface area contributed by atoms with Gasteiger partial charge in [0, 0.05) is 42.6 Å². The number of nitrogens with zero attached hydrogens (tertiary/aromatic N) is 2. The van der Waals surface area contributed by atoms with Crippen molar-refractivity contribution in [3.8, 4) is 17.5 Å². The van der Waals surface area contributed by atoms with Crippen LogP contribution in [-0.4, -0.2) is 70.7 Å². The molecule has 1 atom stereocenters. The smallest absolute Gasteiger partial charge is 0.246 e. The molecule has 1 unspecified atom stereocenters. The van der Waals surface area contributed by atoms with E-state index in [2.05, 4.69) is 27.0 Å². The van der Waals surface area contributed by atoms with Crippen LogP contribution in [-0.2, 0) is 4.79 Å². The van der Waals surface area contributed by atoms with Crippen molar-refractivity contribution < 1.29 is 19.7 Å². The van der Waals surface area contributed by atoms with E-state index in [1.165, 1.54) is 0 Å². The molecule has 4 N–H and O–H groups in total. The highest BCUT2D eigenvalue weighted by Gasteiger charge is 2.30. The van der Waals surface area contributed by atoms with E-state index in [9.17, 15) is 15.0 Å². The van der Waals surface area contributed by atoms with Gasteiger partial charge in [0.05, 0.1) is 7.11 Å². The lowest BCUT2D eigenvalue weighted by molar-refractivity contribution is -0.122. The molecule has 0 spiro atoms. The Labute approximate surface area is 181 Å². The van der Waals surface area contributed by atoms with Crippen molar-refractivity contribution in [2.45, 2.75) is 13.0 Å². The van der Waals surface area contributed by atoms with Crippen LogP contribution in [0.2, 0.25) is 0 Å². The van der Waals surface area contributed by atoms with Crippen LogP contribution in [0, 0.1) is 0 Å². The van der Waals surface area contributed by atoms with E-state index in [4.69, 9.17) is 4.74 Å². The van der Waals surface area contributed by atoms with E-state index in [1.807, 2.05) is 24.3 Å². The molecule has 2 heterocycles. The fourth-order valence-electron chi connectivity index (χ4n) is 4.16. The van der Waals surface area contributed by atoms with E-state index in [0.717, 1.165) is 38.3 Å². The third kappa shape index (κ3) is 4.30. The summed E-state index contributed by atoms with van der Waals surface area (Å²) in [7, 11) is 1.61. The first-order chi connectivity index (χ1) is 15.0. The van der Waals surface area contributed by atoms with E-state index >= 15 is 0 Å². The molecule has 31 heavy (non-hydrogen) atoms. The first-order valence-electron chi connectivity index (χ1n) is 10.4. The molecule has 1 fully saturated rings. The maximum atomic E-state index is 13.5. The molecule has 1 amide bonds. The van der Waals surface area contributed by atoms with Crippen LogP contribution >= 0.6 is 0 Å². The number of carbonyl (C=O) groups excluding carboxylic acids is 1. The number of hydrogen-bond donors (Lipinski definition) is 4. The molecular weight excluding hydrogens is 396 g/mol. The van der Waals surface area contributed by atoms with Gasteiger partial charge >= 0.3 is 0 Å². The minimum Gasteiger partial charge on any atom is -0.497 e. The van der Waals surface area contributed by atoms with Gasteiger partial charge in [0.25, 0.3) is 0 Å². The topological polar surface area (TPSA) is 101 Å². The van der Waals surface area contributed by atoms with Gasteiger partial charge in [-0.05, 0) is 42.4 Å². The Bertz CT molecular complexity index is 1070. The second-order valence-corrected chi connectivity index (χ2v) is 7.72. The summed E-state index contributed by atoms with van der Waals surface area (Å²) in [5.74, 6) is 0.311. The van der Waals surface area contributed by atoms with E-state index < -0.39 is 6.04 Å². The molecule has 0 bridgehead atoms. The van der Waals surface area contributed by atoms with Gasteiger partial charge in [-0.25, -0.2) is 0 Å². The number of likely N-dealkylation sites (N-methyl/N-ethyl adjacent to an activating group) is 1. The highest BCUT2D eigenvalue weighted by Crippen LogP contribution is 2.34. The third-order valence-electron chi connectivity index (χ3n) is 5.91. The van der Waals surface area contributed by atoms with Crippen molar-refractivity contribution >= 4 is 22.4 Å². The SMILES string of the molecule is CCN1CCN(C(C(=O)Nc2ccc3c(O)[nH]c(O)c3c2)c2cccc(OC)c2)CC1. The van der Waals surface area contributed by atoms with Crippen LogP contribution in [0.1, 0.15) is 18.5 Å². The Morgan fingerprint density at radius 2 is 1.84 bits per heavy atom. The molecule has 2 aromatic carbocycles. The number of amides is 1. The van der Waals surface area contributed by atoms with Gasteiger partial charge < -0.3 is 25.2 Å². The Kier molecular flexibility index (Phi) is 6.01. The summed E-state index contributed by atoms with van der Waals surface area (Å²) in [4.78, 5) is 20.5. The standard InChI is InChI=1S/C23H28N4O4/c1-3-26-9-11-27(12-10-26)20(15-5-4-6-17(13-15)31-2)23(30)24-16-7-8-18-19(14-16)22(29)25-21(18)28/h4-8,13-14,20,25,28-29H,3,9-12H2,1-2H3,(H,24,30). The molecule has 8 heteroatoms. The van der Waals surface area contributed by atoms with E-state index in [-0.39, 0.29) is 17.7 Å². The summed E-state index contributed by atoms with van der Waals surface area (Å²) in [6, 6.07) is 12.1. The molecular formula is C23H28N4O4. The van der Waals surface area contributed by atoms with Crippen molar-refractivity contribution in [3.05, 3.63) is 48.0 Å². The second kappa shape index (κ2) is 8.87. The number of rotatable bonds is 6. The molecule has 8 nitrogen and oxygen atoms in total. The Morgan fingerprint density at radius 1 is 1.10 bits per heavy atom. The zero-order valence-electron chi connectivity index (χ0n) is 17.8. The molecule has 3 aromatic rings. The van der Waals surface area contributed by atoms with Gasteiger partial charge in [-0.2, -0.15) is 0 Å². The lowest BCUT2D eigenvalue weighted by Crippen LogP contribution is -2.49. The number of carbonyl (C=O) groups is 1. The average molecular weight is 425 g/mol. The molecule has 0 saturated carbocycles. The minimum atomic E-state index is -0.474. The third-order valence-corrected chi connectivity index (χ3v) is 5.91. The van der Waals surface area contributed by atoms with Gasteiger partial charge in [-0.15, -0.1) is 0 Å². The second-order valence-electron chi connectivity index (χ2n) is 7.72. The number of H-pyrrole nitrogens is 1. The number of aromatic amines is 1. The number of fused-ring (bicyclic) bond motifs is 1. The Balaban J connectivity index is 1.62. The highest BCUT2D eigenvalue weighted by molar-refractivity contribution is 6.00. The normalized spacial score (nSPS) is 16.3. The number of hydrogen-bond acceptors (Lipinski definition) is 6. The van der Waals surface area contributed by atoms with Crippen LogP contribution in [0.25, 0.3) is 10.8 Å². The predicted molar refractivity (Wildman–Crippen MR) is 120 cm³/mol. The van der Waals surface area contributed by atoms with Crippen molar-refractivity contribution in [1.82, 2.24) is 14.8 Å². The number of nitrogens with one attached hydrogen (secondary N) is 2. The number of benzene rings is 2. The molecule has 1 aromatic heterocycles. The number of ether oxygens (including phenoxy) is 1. The largest absolute Gasteiger partial charge is 0.497 e. The quantitative estimate of drug-likeness (QED) is 0.485. The van der Waals surface area contributed by atoms with Crippen molar-refractivity contribution in [1.29, 1.82) is 0 Å². The summed E-state index contributed by atoms with van der Waals surface area (Å²) in [6.07, 6.45) is 0. The monoisotopic (exact) mass is 424 g/mol. The van der Waals surface area contributed by atoms with Crippen molar-refractivity contribution in [2.75, 3.05) is 45.2 Å². The summed E-state index contributed by atoms with van der Waals surface area (Å²) in [5.41, 5.74) is 1.41. The molecule has 1 aliphatic heterocycles. The fraction of sp³-hybridized carbons (Fsp3) is 0.348. The highest BCUT2D eigenvalue weighted by atomic mass is 16.5. The number of anilines is 1. The zero-order valence-corrected chi connectivity index (χ0v) is 17.8. The molecule has 1 saturated heterocycles. The van der Waals surface area contributed by atoms with Gasteiger partial charge in [-0.1, -0.05) is 19.1 Å². The maximum Gasteiger partial charge on any atom is 0.246 e. The average Bonchev–Trinajstić information content (AvgIpc) is 3.07. The van der Waals surface area contributed by atoms with Gasteiger partial charge in [0.2, 0.25) is 5.91 Å². The molecule has 0 aliphatic carbocycles. The number of piperazine rings is 1. The van der Waals surface area contributed by atoms with Crippen LogP contribution in [0.15, 0.2) is 42.5 Å². The lowest BCUT2D eigenvalue weighted by Gasteiger charge is -2.38. The van der Waals surface area contributed by atoms with Crippen molar-refractivity contribution in [2.24, 2.45) is 0 Å². The van der Waals surface area contributed by atoms with Crippen LogP contribution in [0.3, 0.4) is 0 Å². The van der Waals surface area contributed by atoms with Crippen LogP contribution in [0.4, 0.5) is 5.69 Å². The van der Waals surface area contributed by atoms with Crippen LogP contribution in [0.5, 0.6) is 17.5 Å². The van der Waals surface area contributed by atoms with Crippen molar-refractivity contribution in [3.63, 3.8) is 0 Å². The Morgan fingerprint density at radius 3 is 2.55 bits per heavy atom. The first kappa shape index (κ1) is 21.0. The first-order valence-corrected chi connectivity index (χ1v) is 10.4. The number of methoxy groups -OCH3 is 1. The molecule has 164 valence electrons. The number of aromatic hydroxyl groups is 2. The summed E-state index contributed by atoms with van der Waals surface area (Å²) in [6.45, 7) is 6.53. The van der Waals surface area contributed by atoms with Crippen LogP contribution < -0.4 is 10.1 Å². The predicted octanol–water partition coefficient (Wildman–Crippen LogP) is 2.91. The molecule has 4 rings (SSSR count). The lowest BCUT2D eigenvalue weighted by atomic mass is 10.0. The van der Waals surface area contributed by atoms with Gasteiger partial charge in [0.1, 0.15) is 11.8 Å². The Hall–Kier alpha value is -3.23. The molecule has 1 aliphatic rings. The summed E-state index contributed by atoms with van der Waals surface area (Å²) in [5, 5.41) is 23.8. The molecule has 0 radical (unpaired) electrons. The van der Waals surface area contributed by atoms with Gasteiger partial charge in [0.15, 0.2) is 11.8 Å².